The van der Waals surface area contributed by atoms with Crippen molar-refractivity contribution in [3.63, 3.8) is 0 Å². The first-order chi connectivity index (χ1) is 6.93. The lowest BCUT2D eigenvalue weighted by Gasteiger charge is -2.09. The van der Waals surface area contributed by atoms with E-state index < -0.39 is 12.4 Å². The smallest absolute Gasteiger partial charge is 0.309 e. The standard InChI is InChI=1S/C9H8BrF2NO2/c1-4-3-13-5(2-6(14)15)8(10)7(4)9(11)12/h3,9H,2H2,1H3,(H,14,15). The SMILES string of the molecule is Cc1cnc(CC(=O)O)c(Br)c1C(F)F. The van der Waals surface area contributed by atoms with Crippen LogP contribution in [0.1, 0.15) is 23.2 Å². The summed E-state index contributed by atoms with van der Waals surface area (Å²) < 4.78 is 25.3. The molecule has 0 fully saturated rings. The van der Waals surface area contributed by atoms with Crippen LogP contribution in [-0.2, 0) is 11.2 Å². The van der Waals surface area contributed by atoms with Gasteiger partial charge in [0.15, 0.2) is 0 Å². The number of aryl methyl sites for hydroxylation is 1. The third-order valence-corrected chi connectivity index (χ3v) is 2.75. The molecule has 0 aliphatic carbocycles. The van der Waals surface area contributed by atoms with Crippen molar-refractivity contribution in [2.45, 2.75) is 19.8 Å². The zero-order valence-corrected chi connectivity index (χ0v) is 9.38. The van der Waals surface area contributed by atoms with E-state index in [9.17, 15) is 13.6 Å². The average Bonchev–Trinajstić information content (AvgIpc) is 2.09. The Morgan fingerprint density at radius 3 is 2.73 bits per heavy atom. The quantitative estimate of drug-likeness (QED) is 0.926. The molecule has 1 heterocycles. The molecule has 6 heteroatoms. The number of carboxylic acids is 1. The molecule has 0 unspecified atom stereocenters. The van der Waals surface area contributed by atoms with Crippen LogP contribution in [0.5, 0.6) is 0 Å². The van der Waals surface area contributed by atoms with Crippen LogP contribution in [0.2, 0.25) is 0 Å². The number of hydrogen-bond donors (Lipinski definition) is 1. The summed E-state index contributed by atoms with van der Waals surface area (Å²) in [5, 5.41) is 8.54. The van der Waals surface area contributed by atoms with Crippen LogP contribution < -0.4 is 0 Å². The molecule has 1 aromatic rings. The van der Waals surface area contributed by atoms with Crippen LogP contribution in [0.4, 0.5) is 8.78 Å². The average molecular weight is 280 g/mol. The third-order valence-electron chi connectivity index (χ3n) is 1.87. The highest BCUT2D eigenvalue weighted by molar-refractivity contribution is 9.10. The van der Waals surface area contributed by atoms with Gasteiger partial charge in [0.05, 0.1) is 12.1 Å². The van der Waals surface area contributed by atoms with Crippen molar-refractivity contribution >= 4 is 21.9 Å². The summed E-state index contributed by atoms with van der Waals surface area (Å²) in [6, 6.07) is 0. The van der Waals surface area contributed by atoms with Gasteiger partial charge in [-0.3, -0.25) is 9.78 Å². The van der Waals surface area contributed by atoms with E-state index >= 15 is 0 Å². The van der Waals surface area contributed by atoms with E-state index in [0.717, 1.165) is 0 Å². The molecule has 0 saturated carbocycles. The summed E-state index contributed by atoms with van der Waals surface area (Å²) in [6.45, 7) is 1.50. The lowest BCUT2D eigenvalue weighted by Crippen LogP contribution is -2.06. The van der Waals surface area contributed by atoms with Gasteiger partial charge in [0.2, 0.25) is 0 Å². The number of aromatic nitrogens is 1. The number of carbonyl (C=O) groups is 1. The second kappa shape index (κ2) is 4.65. The Morgan fingerprint density at radius 2 is 2.27 bits per heavy atom. The highest BCUT2D eigenvalue weighted by Gasteiger charge is 2.19. The van der Waals surface area contributed by atoms with Crippen LogP contribution in [-0.4, -0.2) is 16.1 Å². The van der Waals surface area contributed by atoms with E-state index in [2.05, 4.69) is 20.9 Å². The minimum absolute atomic E-state index is 0.0832. The Hall–Kier alpha value is -1.04. The number of halogens is 3. The first-order valence-corrected chi connectivity index (χ1v) is 4.86. The van der Waals surface area contributed by atoms with E-state index in [1.165, 1.54) is 13.1 Å². The molecule has 1 rings (SSSR count). The van der Waals surface area contributed by atoms with Gasteiger partial charge in [-0.25, -0.2) is 8.78 Å². The van der Waals surface area contributed by atoms with Gasteiger partial charge in [0.1, 0.15) is 0 Å². The largest absolute Gasteiger partial charge is 0.481 e. The molecular formula is C9H8BrF2NO2. The van der Waals surface area contributed by atoms with Gasteiger partial charge in [-0.1, -0.05) is 0 Å². The van der Waals surface area contributed by atoms with Crippen LogP contribution >= 0.6 is 15.9 Å². The summed E-state index contributed by atoms with van der Waals surface area (Å²) in [5.41, 5.74) is 0.260. The molecular weight excluding hydrogens is 272 g/mol. The van der Waals surface area contributed by atoms with Crippen molar-refractivity contribution in [2.75, 3.05) is 0 Å². The Kier molecular flexibility index (Phi) is 3.73. The lowest BCUT2D eigenvalue weighted by molar-refractivity contribution is -0.136. The van der Waals surface area contributed by atoms with Gasteiger partial charge in [-0.05, 0) is 28.4 Å². The first-order valence-electron chi connectivity index (χ1n) is 4.07. The molecule has 82 valence electrons. The topological polar surface area (TPSA) is 50.2 Å². The number of aliphatic carboxylic acids is 1. The van der Waals surface area contributed by atoms with Crippen molar-refractivity contribution in [1.29, 1.82) is 0 Å². The summed E-state index contributed by atoms with van der Waals surface area (Å²) in [5.74, 6) is -1.10. The fourth-order valence-corrected chi connectivity index (χ4v) is 1.89. The summed E-state index contributed by atoms with van der Waals surface area (Å²) >= 11 is 2.96. The Balaban J connectivity index is 3.22. The summed E-state index contributed by atoms with van der Waals surface area (Å²) in [6.07, 6.45) is -1.76. The number of alkyl halides is 2. The van der Waals surface area contributed by atoms with E-state index in [-0.39, 0.29) is 22.2 Å². The molecule has 0 atom stereocenters. The Bertz CT molecular complexity index is 396. The van der Waals surface area contributed by atoms with Crippen LogP contribution in [0.3, 0.4) is 0 Å². The van der Waals surface area contributed by atoms with Crippen molar-refractivity contribution in [3.8, 4) is 0 Å². The van der Waals surface area contributed by atoms with Crippen LogP contribution in [0, 0.1) is 6.92 Å². The van der Waals surface area contributed by atoms with Gasteiger partial charge < -0.3 is 5.11 Å². The maximum absolute atomic E-state index is 12.6. The number of hydrogen-bond acceptors (Lipinski definition) is 2. The Labute approximate surface area is 93.3 Å². The fourth-order valence-electron chi connectivity index (χ4n) is 1.16. The van der Waals surface area contributed by atoms with Crippen LogP contribution in [0.15, 0.2) is 10.7 Å². The Morgan fingerprint density at radius 1 is 1.67 bits per heavy atom. The van der Waals surface area contributed by atoms with Gasteiger partial charge in [-0.15, -0.1) is 0 Å². The van der Waals surface area contributed by atoms with E-state index in [1.54, 1.807) is 0 Å². The number of rotatable bonds is 3. The molecule has 3 nitrogen and oxygen atoms in total. The maximum atomic E-state index is 12.6. The molecule has 15 heavy (non-hydrogen) atoms. The van der Waals surface area contributed by atoms with Gasteiger partial charge in [-0.2, -0.15) is 0 Å². The van der Waals surface area contributed by atoms with E-state index in [4.69, 9.17) is 5.11 Å². The molecule has 0 bridgehead atoms. The number of nitrogens with zero attached hydrogens (tertiary/aromatic N) is 1. The molecule has 0 saturated heterocycles. The van der Waals surface area contributed by atoms with Crippen molar-refractivity contribution in [2.24, 2.45) is 0 Å². The third kappa shape index (κ3) is 2.71. The maximum Gasteiger partial charge on any atom is 0.309 e. The van der Waals surface area contributed by atoms with Crippen LogP contribution in [0.25, 0.3) is 0 Å². The van der Waals surface area contributed by atoms with Crippen molar-refractivity contribution in [3.05, 3.63) is 27.5 Å². The predicted octanol–water partition coefficient (Wildman–Crippen LogP) is 2.72. The molecule has 0 aromatic carbocycles. The molecule has 1 aromatic heterocycles. The molecule has 0 radical (unpaired) electrons. The second-order valence-corrected chi connectivity index (χ2v) is 3.78. The highest BCUT2D eigenvalue weighted by atomic mass is 79.9. The van der Waals surface area contributed by atoms with Gasteiger partial charge in [0.25, 0.3) is 6.43 Å². The second-order valence-electron chi connectivity index (χ2n) is 2.99. The number of carboxylic acid groups (broad SMARTS) is 1. The minimum atomic E-state index is -2.64. The zero-order valence-electron chi connectivity index (χ0n) is 7.80. The fraction of sp³-hybridized carbons (Fsp3) is 0.333. The molecule has 0 aliphatic heterocycles. The lowest BCUT2D eigenvalue weighted by atomic mass is 10.1. The van der Waals surface area contributed by atoms with E-state index in [1.807, 2.05) is 0 Å². The predicted molar refractivity (Wildman–Crippen MR) is 53.0 cm³/mol. The van der Waals surface area contributed by atoms with Crippen molar-refractivity contribution < 1.29 is 18.7 Å². The van der Waals surface area contributed by atoms with E-state index in [0.29, 0.717) is 5.56 Å². The summed E-state index contributed by atoms with van der Waals surface area (Å²) in [4.78, 5) is 14.2. The zero-order chi connectivity index (χ0) is 11.6. The summed E-state index contributed by atoms with van der Waals surface area (Å²) in [7, 11) is 0. The molecule has 0 amide bonds. The molecule has 1 N–H and O–H groups in total. The number of pyridine rings is 1. The highest BCUT2D eigenvalue weighted by Crippen LogP contribution is 2.31. The van der Waals surface area contributed by atoms with Crippen molar-refractivity contribution in [1.82, 2.24) is 4.98 Å². The minimum Gasteiger partial charge on any atom is -0.481 e. The monoisotopic (exact) mass is 279 g/mol. The first kappa shape index (κ1) is 12.0. The normalized spacial score (nSPS) is 10.7. The molecule has 0 spiro atoms. The molecule has 0 aliphatic rings. The van der Waals surface area contributed by atoms with Gasteiger partial charge >= 0.3 is 5.97 Å². The van der Waals surface area contributed by atoms with Gasteiger partial charge in [0, 0.05) is 16.2 Å².